The number of carbonyl (C=O) groups is 1. The van der Waals surface area contributed by atoms with E-state index in [-0.39, 0.29) is 24.4 Å². The fourth-order valence-electron chi connectivity index (χ4n) is 3.20. The zero-order valence-corrected chi connectivity index (χ0v) is 14.8. The highest BCUT2D eigenvalue weighted by molar-refractivity contribution is 5.96. The quantitative estimate of drug-likeness (QED) is 0.890. The molecule has 2 aromatic carbocycles. The van der Waals surface area contributed by atoms with Gasteiger partial charge in [0, 0.05) is 17.6 Å². The summed E-state index contributed by atoms with van der Waals surface area (Å²) in [6, 6.07) is 18.7. The van der Waals surface area contributed by atoms with Crippen LogP contribution in [0.15, 0.2) is 54.6 Å². The minimum Gasteiger partial charge on any atom is -0.348 e. The summed E-state index contributed by atoms with van der Waals surface area (Å²) in [7, 11) is 0. The van der Waals surface area contributed by atoms with Crippen molar-refractivity contribution in [3.63, 3.8) is 0 Å². The molecule has 0 bridgehead atoms. The van der Waals surface area contributed by atoms with Crippen LogP contribution < -0.4 is 10.6 Å². The number of hydrogen-bond donors (Lipinski definition) is 2. The van der Waals surface area contributed by atoms with Gasteiger partial charge in [-0.1, -0.05) is 48.5 Å². The molecular formula is C20H25ClN2O. The standard InChI is InChI=1S/C20H24N2O.ClH/c1-15-19(12-7-13-21-15)22-20(23)18-11-6-5-10-17(18)14-16-8-3-2-4-9-16;/h2-6,8-11,15,19,21H,7,12-14H2,1H3,(H,22,23);1H. The van der Waals surface area contributed by atoms with Crippen LogP contribution in [-0.4, -0.2) is 24.5 Å². The van der Waals surface area contributed by atoms with E-state index in [1.807, 2.05) is 42.5 Å². The molecule has 1 aliphatic heterocycles. The first kappa shape index (κ1) is 18.5. The molecule has 4 heteroatoms. The monoisotopic (exact) mass is 344 g/mol. The molecular weight excluding hydrogens is 320 g/mol. The van der Waals surface area contributed by atoms with Crippen LogP contribution in [-0.2, 0) is 6.42 Å². The van der Waals surface area contributed by atoms with Crippen molar-refractivity contribution in [1.29, 1.82) is 0 Å². The summed E-state index contributed by atoms with van der Waals surface area (Å²) in [6.45, 7) is 3.18. The first-order chi connectivity index (χ1) is 11.2. The Kier molecular flexibility index (Phi) is 6.83. The third kappa shape index (κ3) is 4.59. The minimum absolute atomic E-state index is 0. The number of halogens is 1. The zero-order valence-electron chi connectivity index (χ0n) is 14.0. The normalized spacial score (nSPS) is 20.0. The predicted molar refractivity (Wildman–Crippen MR) is 101 cm³/mol. The number of rotatable bonds is 4. The van der Waals surface area contributed by atoms with Gasteiger partial charge < -0.3 is 10.6 Å². The van der Waals surface area contributed by atoms with Gasteiger partial charge in [0.05, 0.1) is 0 Å². The van der Waals surface area contributed by atoms with Gasteiger partial charge in [-0.15, -0.1) is 12.4 Å². The molecule has 0 aromatic heterocycles. The first-order valence-electron chi connectivity index (χ1n) is 8.40. The topological polar surface area (TPSA) is 41.1 Å². The molecule has 3 rings (SSSR count). The van der Waals surface area contributed by atoms with Gasteiger partial charge in [-0.25, -0.2) is 0 Å². The molecule has 2 aromatic rings. The predicted octanol–water partition coefficient (Wildman–Crippen LogP) is 3.57. The van der Waals surface area contributed by atoms with Gasteiger partial charge >= 0.3 is 0 Å². The number of benzene rings is 2. The maximum Gasteiger partial charge on any atom is 0.251 e. The van der Waals surface area contributed by atoms with Crippen molar-refractivity contribution in [1.82, 2.24) is 10.6 Å². The Morgan fingerprint density at radius 1 is 1.12 bits per heavy atom. The van der Waals surface area contributed by atoms with Crippen LogP contribution in [0.25, 0.3) is 0 Å². The second-order valence-corrected chi connectivity index (χ2v) is 6.28. The molecule has 1 fully saturated rings. The highest BCUT2D eigenvalue weighted by atomic mass is 35.5. The maximum atomic E-state index is 12.7. The number of nitrogens with one attached hydrogen (secondary N) is 2. The molecule has 128 valence electrons. The summed E-state index contributed by atoms with van der Waals surface area (Å²) >= 11 is 0. The largest absolute Gasteiger partial charge is 0.348 e. The van der Waals surface area contributed by atoms with Crippen LogP contribution in [0.5, 0.6) is 0 Å². The Bertz CT molecular complexity index is 660. The molecule has 0 saturated carbocycles. The van der Waals surface area contributed by atoms with E-state index in [0.717, 1.165) is 36.9 Å². The van der Waals surface area contributed by atoms with Crippen molar-refractivity contribution in [3.8, 4) is 0 Å². The summed E-state index contributed by atoms with van der Waals surface area (Å²) in [5.74, 6) is 0.0390. The lowest BCUT2D eigenvalue weighted by molar-refractivity contribution is 0.0919. The Morgan fingerprint density at radius 3 is 2.58 bits per heavy atom. The van der Waals surface area contributed by atoms with Crippen molar-refractivity contribution in [2.45, 2.75) is 38.3 Å². The van der Waals surface area contributed by atoms with Crippen molar-refractivity contribution in [2.24, 2.45) is 0 Å². The lowest BCUT2D eigenvalue weighted by Gasteiger charge is -2.30. The van der Waals surface area contributed by atoms with Gasteiger partial charge in [-0.05, 0) is 49.9 Å². The van der Waals surface area contributed by atoms with Crippen LogP contribution in [0.3, 0.4) is 0 Å². The molecule has 3 nitrogen and oxygen atoms in total. The van der Waals surface area contributed by atoms with Crippen molar-refractivity contribution >= 4 is 18.3 Å². The molecule has 2 N–H and O–H groups in total. The first-order valence-corrected chi connectivity index (χ1v) is 8.40. The molecule has 1 heterocycles. The Labute approximate surface area is 150 Å². The molecule has 2 atom stereocenters. The van der Waals surface area contributed by atoms with Gasteiger partial charge in [0.1, 0.15) is 0 Å². The Balaban J connectivity index is 0.00000208. The SMILES string of the molecule is CC1NCCCC1NC(=O)c1ccccc1Cc1ccccc1.Cl. The van der Waals surface area contributed by atoms with Gasteiger partial charge in [0.15, 0.2) is 0 Å². The van der Waals surface area contributed by atoms with Crippen molar-refractivity contribution in [2.75, 3.05) is 6.54 Å². The van der Waals surface area contributed by atoms with Crippen LogP contribution in [0.4, 0.5) is 0 Å². The molecule has 1 amide bonds. The smallest absolute Gasteiger partial charge is 0.251 e. The molecule has 0 radical (unpaired) electrons. The number of piperidine rings is 1. The summed E-state index contributed by atoms with van der Waals surface area (Å²) in [6.07, 6.45) is 2.94. The van der Waals surface area contributed by atoms with E-state index >= 15 is 0 Å². The van der Waals surface area contributed by atoms with E-state index < -0.39 is 0 Å². The highest BCUT2D eigenvalue weighted by Gasteiger charge is 2.23. The number of carbonyl (C=O) groups excluding carboxylic acids is 1. The van der Waals surface area contributed by atoms with Crippen LogP contribution >= 0.6 is 12.4 Å². The second kappa shape index (κ2) is 8.86. The van der Waals surface area contributed by atoms with Crippen LogP contribution in [0.1, 0.15) is 41.3 Å². The third-order valence-electron chi connectivity index (χ3n) is 4.58. The summed E-state index contributed by atoms with van der Waals surface area (Å²) in [5, 5.41) is 6.64. The molecule has 1 saturated heterocycles. The zero-order chi connectivity index (χ0) is 16.1. The maximum absolute atomic E-state index is 12.7. The van der Waals surface area contributed by atoms with E-state index in [1.165, 1.54) is 5.56 Å². The molecule has 0 spiro atoms. The lowest BCUT2D eigenvalue weighted by atomic mass is 9.97. The third-order valence-corrected chi connectivity index (χ3v) is 4.58. The minimum atomic E-state index is 0. The van der Waals surface area contributed by atoms with E-state index in [1.54, 1.807) is 0 Å². The van der Waals surface area contributed by atoms with E-state index in [0.29, 0.717) is 6.04 Å². The molecule has 0 aliphatic carbocycles. The fourth-order valence-corrected chi connectivity index (χ4v) is 3.20. The summed E-state index contributed by atoms with van der Waals surface area (Å²) in [5.41, 5.74) is 3.09. The average Bonchev–Trinajstić information content (AvgIpc) is 2.58. The van der Waals surface area contributed by atoms with Crippen molar-refractivity contribution in [3.05, 3.63) is 71.3 Å². The summed E-state index contributed by atoms with van der Waals surface area (Å²) in [4.78, 5) is 12.7. The van der Waals surface area contributed by atoms with E-state index in [2.05, 4.69) is 29.7 Å². The van der Waals surface area contributed by atoms with Gasteiger partial charge in [0.2, 0.25) is 0 Å². The lowest BCUT2D eigenvalue weighted by Crippen LogP contribution is -2.52. The van der Waals surface area contributed by atoms with E-state index in [9.17, 15) is 4.79 Å². The second-order valence-electron chi connectivity index (χ2n) is 6.28. The van der Waals surface area contributed by atoms with Crippen LogP contribution in [0, 0.1) is 0 Å². The van der Waals surface area contributed by atoms with Crippen LogP contribution in [0.2, 0.25) is 0 Å². The Hall–Kier alpha value is -1.84. The van der Waals surface area contributed by atoms with Gasteiger partial charge in [-0.3, -0.25) is 4.79 Å². The Morgan fingerprint density at radius 2 is 1.83 bits per heavy atom. The van der Waals surface area contributed by atoms with E-state index in [4.69, 9.17) is 0 Å². The molecule has 24 heavy (non-hydrogen) atoms. The van der Waals surface area contributed by atoms with Gasteiger partial charge in [0.25, 0.3) is 5.91 Å². The van der Waals surface area contributed by atoms with Crippen molar-refractivity contribution < 1.29 is 4.79 Å². The highest BCUT2D eigenvalue weighted by Crippen LogP contribution is 2.16. The number of hydrogen-bond acceptors (Lipinski definition) is 2. The molecule has 1 aliphatic rings. The van der Waals surface area contributed by atoms with Gasteiger partial charge in [-0.2, -0.15) is 0 Å². The average molecular weight is 345 g/mol. The summed E-state index contributed by atoms with van der Waals surface area (Å²) < 4.78 is 0. The number of amides is 1. The molecule has 2 unspecified atom stereocenters. The fraction of sp³-hybridized carbons (Fsp3) is 0.350.